The Morgan fingerprint density at radius 2 is 0.860 bits per heavy atom. The van der Waals surface area contributed by atoms with E-state index in [0.29, 0.717) is 4.48 Å². The van der Waals surface area contributed by atoms with Crippen molar-refractivity contribution in [2.24, 2.45) is 0 Å². The zero-order chi connectivity index (χ0) is 30.6. The first-order valence-corrected chi connectivity index (χ1v) is 17.8. The van der Waals surface area contributed by atoms with Crippen LogP contribution in [0.25, 0.3) is 0 Å². The smallest absolute Gasteiger partial charge is 0.167 e. The van der Waals surface area contributed by atoms with E-state index in [9.17, 15) is 0 Å². The van der Waals surface area contributed by atoms with Gasteiger partial charge in [0, 0.05) is 12.1 Å². The van der Waals surface area contributed by atoms with E-state index >= 15 is 0 Å². The molecule has 0 fully saturated rings. The first-order valence-electron chi connectivity index (χ1n) is 17.8. The number of benzene rings is 1. The number of unbranched alkanes of at least 4 members (excludes halogenated alkanes) is 18. The van der Waals surface area contributed by atoms with Crippen molar-refractivity contribution in [1.82, 2.24) is 4.48 Å². The van der Waals surface area contributed by atoms with Crippen LogP contribution in [0.2, 0.25) is 0 Å². The molecule has 1 aromatic rings. The summed E-state index contributed by atoms with van der Waals surface area (Å²) in [5.74, 6) is 1.74. The third-order valence-electron chi connectivity index (χ3n) is 8.42. The lowest BCUT2D eigenvalue weighted by Gasteiger charge is -2.36. The molecule has 1 rings (SSSR count). The van der Waals surface area contributed by atoms with Gasteiger partial charge >= 0.3 is 0 Å². The first-order chi connectivity index (χ1) is 20.7. The predicted octanol–water partition coefficient (Wildman–Crippen LogP) is 9.16. The van der Waals surface area contributed by atoms with E-state index in [1.807, 2.05) is 18.2 Å². The number of ether oxygens (including phenoxy) is 2. The molecule has 0 aromatic heterocycles. The second kappa shape index (κ2) is 29.2. The van der Waals surface area contributed by atoms with Crippen molar-refractivity contribution in [3.63, 3.8) is 0 Å². The number of halogens is 1. The van der Waals surface area contributed by atoms with Gasteiger partial charge in [0.1, 0.15) is 25.3 Å². The molecule has 0 heterocycles. The van der Waals surface area contributed by atoms with Gasteiger partial charge in [-0.05, 0) is 37.1 Å². The van der Waals surface area contributed by atoms with Crippen LogP contribution >= 0.6 is 0 Å². The minimum atomic E-state index is 0. The Balaban J connectivity index is 0.0000176. The summed E-state index contributed by atoms with van der Waals surface area (Å²) in [7, 11) is 0. The highest BCUT2D eigenvalue weighted by atomic mass is 79.9. The van der Waals surface area contributed by atoms with Crippen molar-refractivity contribution in [3.05, 3.63) is 56.2 Å². The molecular weight excluding hydrogens is 594 g/mol. The van der Waals surface area contributed by atoms with Crippen LogP contribution < -0.4 is 30.9 Å². The van der Waals surface area contributed by atoms with Crippen molar-refractivity contribution >= 4 is 5.69 Å². The Morgan fingerprint density at radius 3 is 1.23 bits per heavy atom. The Kier molecular flexibility index (Phi) is 28.2. The molecule has 0 saturated heterocycles. The molecule has 0 aliphatic carbocycles. The summed E-state index contributed by atoms with van der Waals surface area (Å²) in [4.78, 5) is 0. The van der Waals surface area contributed by atoms with Crippen LogP contribution in [0.1, 0.15) is 142 Å². The van der Waals surface area contributed by atoms with Crippen LogP contribution in [0.3, 0.4) is 0 Å². The molecule has 0 spiro atoms. The minimum Gasteiger partial charge on any atom is -1.00 e. The van der Waals surface area contributed by atoms with Crippen LogP contribution in [0.4, 0.5) is 5.69 Å². The molecule has 0 bridgehead atoms. The van der Waals surface area contributed by atoms with Crippen molar-refractivity contribution in [3.8, 4) is 11.5 Å². The minimum absolute atomic E-state index is 0. The Morgan fingerprint density at radius 1 is 0.512 bits per heavy atom. The molecule has 0 aliphatic heterocycles. The quantitative estimate of drug-likeness (QED) is 0.0449. The third kappa shape index (κ3) is 19.5. The maximum atomic E-state index is 6.42. The number of nitrogens with zero attached hydrogens (tertiary/aromatic N) is 1. The molecule has 3 nitrogen and oxygen atoms in total. The maximum absolute atomic E-state index is 6.42. The van der Waals surface area contributed by atoms with Crippen molar-refractivity contribution in [2.75, 3.05) is 32.8 Å². The molecule has 43 heavy (non-hydrogen) atoms. The summed E-state index contributed by atoms with van der Waals surface area (Å²) in [5, 5.41) is 0. The fourth-order valence-electron chi connectivity index (χ4n) is 5.85. The van der Waals surface area contributed by atoms with Gasteiger partial charge in [0.2, 0.25) is 0 Å². The summed E-state index contributed by atoms with van der Waals surface area (Å²) in [6.45, 7) is 20.6. The van der Waals surface area contributed by atoms with Gasteiger partial charge < -0.3 is 26.5 Å². The number of hydrogen-bond donors (Lipinski definition) is 0. The molecule has 4 heteroatoms. The fourth-order valence-corrected chi connectivity index (χ4v) is 5.85. The standard InChI is InChI=1S/C39H68NO2.BrH/c1-6-11-13-15-17-19-21-23-25-27-34-41-38-30-29-37(40(31-8-3,32-9-4)33-10-5)36-39(38)42-35-28-26-24-22-20-18-16-14-12-7-2;/h8-10,29-30,36H,3-7,11-28,31-35H2,1-2H3;1H/q+1;/p-1. The second-order valence-electron chi connectivity index (χ2n) is 12.3. The SMILES string of the molecule is C=CC[N+](CC=C)(CC=C)c1ccc(OCCCCCCCCCCCC)c(OCCCCCCCCCCCC)c1.[Br-]. The molecule has 0 unspecified atom stereocenters. The van der Waals surface area contributed by atoms with Crippen LogP contribution in [-0.2, 0) is 0 Å². The van der Waals surface area contributed by atoms with E-state index < -0.39 is 0 Å². The molecule has 0 aliphatic rings. The maximum Gasteiger partial charge on any atom is 0.167 e. The van der Waals surface area contributed by atoms with Gasteiger partial charge in [-0.3, -0.25) is 4.48 Å². The summed E-state index contributed by atoms with van der Waals surface area (Å²) >= 11 is 0. The molecule has 0 saturated carbocycles. The zero-order valence-electron chi connectivity index (χ0n) is 28.4. The molecule has 0 amide bonds. The van der Waals surface area contributed by atoms with Crippen molar-refractivity contribution < 1.29 is 26.5 Å². The van der Waals surface area contributed by atoms with Gasteiger partial charge in [-0.1, -0.05) is 149 Å². The predicted molar refractivity (Wildman–Crippen MR) is 188 cm³/mol. The van der Waals surface area contributed by atoms with E-state index in [1.54, 1.807) is 0 Å². The first kappa shape index (κ1) is 41.5. The summed E-state index contributed by atoms with van der Waals surface area (Å²) < 4.78 is 13.4. The summed E-state index contributed by atoms with van der Waals surface area (Å²) in [5.41, 5.74) is 1.19. The molecule has 0 atom stereocenters. The Hall–Kier alpha value is -1.52. The molecule has 1 aromatic carbocycles. The highest BCUT2D eigenvalue weighted by Crippen LogP contribution is 2.35. The molecule has 0 radical (unpaired) electrons. The van der Waals surface area contributed by atoms with Gasteiger partial charge in [-0.15, -0.1) is 0 Å². The zero-order valence-corrected chi connectivity index (χ0v) is 30.0. The van der Waals surface area contributed by atoms with Gasteiger partial charge in [0.25, 0.3) is 0 Å². The Labute approximate surface area is 278 Å². The van der Waals surface area contributed by atoms with E-state index in [2.05, 4.69) is 51.8 Å². The third-order valence-corrected chi connectivity index (χ3v) is 8.42. The average Bonchev–Trinajstić information content (AvgIpc) is 2.99. The number of hydrogen-bond acceptors (Lipinski definition) is 2. The fraction of sp³-hybridized carbons (Fsp3) is 0.692. The highest BCUT2D eigenvalue weighted by Gasteiger charge is 2.28. The van der Waals surface area contributed by atoms with Gasteiger partial charge in [-0.25, -0.2) is 0 Å². The van der Waals surface area contributed by atoms with Crippen molar-refractivity contribution in [2.45, 2.75) is 142 Å². The second-order valence-corrected chi connectivity index (χ2v) is 12.3. The normalized spacial score (nSPS) is 11.1. The number of quaternary nitrogens is 1. The lowest BCUT2D eigenvalue weighted by atomic mass is 10.1. The van der Waals surface area contributed by atoms with Gasteiger partial charge in [0.15, 0.2) is 11.5 Å². The molecular formula is C39H68BrNO2. The van der Waals surface area contributed by atoms with Crippen LogP contribution in [0, 0.1) is 0 Å². The summed E-state index contributed by atoms with van der Waals surface area (Å²) in [6, 6.07) is 6.50. The lowest BCUT2D eigenvalue weighted by Crippen LogP contribution is -3.00. The van der Waals surface area contributed by atoms with E-state index in [-0.39, 0.29) is 17.0 Å². The number of rotatable bonds is 31. The Bertz CT molecular complexity index is 782. The molecule has 248 valence electrons. The largest absolute Gasteiger partial charge is 1.00 e. The van der Waals surface area contributed by atoms with E-state index in [4.69, 9.17) is 9.47 Å². The lowest BCUT2D eigenvalue weighted by molar-refractivity contribution is -0.00000985. The topological polar surface area (TPSA) is 18.5 Å². The van der Waals surface area contributed by atoms with Crippen LogP contribution in [0.15, 0.2) is 56.2 Å². The van der Waals surface area contributed by atoms with Gasteiger partial charge in [-0.2, -0.15) is 0 Å². The summed E-state index contributed by atoms with van der Waals surface area (Å²) in [6.07, 6.45) is 32.5. The van der Waals surface area contributed by atoms with E-state index in [1.165, 1.54) is 121 Å². The van der Waals surface area contributed by atoms with Gasteiger partial charge in [0.05, 0.1) is 13.2 Å². The van der Waals surface area contributed by atoms with E-state index in [0.717, 1.165) is 57.2 Å². The van der Waals surface area contributed by atoms with Crippen LogP contribution in [-0.4, -0.2) is 32.8 Å². The molecule has 0 N–H and O–H groups in total. The average molecular weight is 663 g/mol. The van der Waals surface area contributed by atoms with Crippen LogP contribution in [0.5, 0.6) is 11.5 Å². The monoisotopic (exact) mass is 661 g/mol. The highest BCUT2D eigenvalue weighted by molar-refractivity contribution is 5.55. The van der Waals surface area contributed by atoms with Crippen molar-refractivity contribution in [1.29, 1.82) is 0 Å².